The van der Waals surface area contributed by atoms with Crippen LogP contribution in [0, 0.1) is 0 Å². The summed E-state index contributed by atoms with van der Waals surface area (Å²) in [5.41, 5.74) is 2.12. The number of benzene rings is 1. The highest BCUT2D eigenvalue weighted by atomic mass is 35.5. The van der Waals surface area contributed by atoms with Crippen molar-refractivity contribution >= 4 is 18.3 Å². The van der Waals surface area contributed by atoms with Crippen molar-refractivity contribution in [3.63, 3.8) is 0 Å². The minimum Gasteiger partial charge on any atom is -0.337 e. The van der Waals surface area contributed by atoms with Crippen LogP contribution >= 0.6 is 12.4 Å². The van der Waals surface area contributed by atoms with Gasteiger partial charge in [0.05, 0.1) is 6.04 Å². The Morgan fingerprint density at radius 1 is 1.19 bits per heavy atom. The van der Waals surface area contributed by atoms with E-state index in [1.54, 1.807) is 0 Å². The van der Waals surface area contributed by atoms with Gasteiger partial charge in [0.1, 0.15) is 5.69 Å². The van der Waals surface area contributed by atoms with Crippen molar-refractivity contribution in [2.24, 2.45) is 0 Å². The third-order valence-corrected chi connectivity index (χ3v) is 6.10. The Labute approximate surface area is 167 Å². The van der Waals surface area contributed by atoms with Gasteiger partial charge < -0.3 is 10.2 Å². The quantitative estimate of drug-likeness (QED) is 0.876. The fraction of sp³-hybridized carbons (Fsp3) is 0.524. The minimum atomic E-state index is 0. The largest absolute Gasteiger partial charge is 0.337 e. The SMILES string of the molecule is CC1(c2ccccc2)CCN(C(=O)c2ccn(C3CCCNC3)n2)CC1.Cl. The molecule has 0 aliphatic carbocycles. The van der Waals surface area contributed by atoms with Crippen molar-refractivity contribution in [2.45, 2.75) is 44.1 Å². The number of amides is 1. The highest BCUT2D eigenvalue weighted by Crippen LogP contribution is 2.35. The van der Waals surface area contributed by atoms with E-state index < -0.39 is 0 Å². The lowest BCUT2D eigenvalue weighted by Gasteiger charge is -2.39. The predicted molar refractivity (Wildman–Crippen MR) is 110 cm³/mol. The normalized spacial score (nSPS) is 22.1. The van der Waals surface area contributed by atoms with Crippen LogP contribution in [0.5, 0.6) is 0 Å². The minimum absolute atomic E-state index is 0. The lowest BCUT2D eigenvalue weighted by Crippen LogP contribution is -2.44. The monoisotopic (exact) mass is 388 g/mol. The van der Waals surface area contributed by atoms with E-state index in [1.165, 1.54) is 5.56 Å². The number of hydrogen-bond donors (Lipinski definition) is 1. The van der Waals surface area contributed by atoms with Gasteiger partial charge in [-0.3, -0.25) is 9.48 Å². The Hall–Kier alpha value is -1.85. The lowest BCUT2D eigenvalue weighted by molar-refractivity contribution is 0.0668. The van der Waals surface area contributed by atoms with Gasteiger partial charge in [0, 0.05) is 25.8 Å². The molecule has 4 rings (SSSR count). The molecule has 6 heteroatoms. The summed E-state index contributed by atoms with van der Waals surface area (Å²) in [6, 6.07) is 12.9. The van der Waals surface area contributed by atoms with Crippen molar-refractivity contribution in [2.75, 3.05) is 26.2 Å². The molecule has 2 aliphatic heterocycles. The number of carbonyl (C=O) groups excluding carboxylic acids is 1. The maximum Gasteiger partial charge on any atom is 0.274 e. The first-order valence-corrected chi connectivity index (χ1v) is 9.76. The number of hydrogen-bond acceptors (Lipinski definition) is 3. The molecule has 1 aromatic heterocycles. The smallest absolute Gasteiger partial charge is 0.274 e. The van der Waals surface area contributed by atoms with Gasteiger partial charge in [-0.1, -0.05) is 37.3 Å². The average molecular weight is 389 g/mol. The Morgan fingerprint density at radius 2 is 1.93 bits per heavy atom. The van der Waals surface area contributed by atoms with Gasteiger partial charge in [-0.15, -0.1) is 12.4 Å². The highest BCUT2D eigenvalue weighted by Gasteiger charge is 2.34. The molecule has 1 unspecified atom stereocenters. The molecule has 2 saturated heterocycles. The summed E-state index contributed by atoms with van der Waals surface area (Å²) in [6.07, 6.45) is 6.24. The van der Waals surface area contributed by atoms with Crippen LogP contribution in [0.2, 0.25) is 0 Å². The molecular weight excluding hydrogens is 360 g/mol. The van der Waals surface area contributed by atoms with E-state index >= 15 is 0 Å². The number of nitrogens with zero attached hydrogens (tertiary/aromatic N) is 3. The van der Waals surface area contributed by atoms with Crippen molar-refractivity contribution in [1.82, 2.24) is 20.0 Å². The molecule has 2 fully saturated rings. The van der Waals surface area contributed by atoms with Crippen LogP contribution in [0.1, 0.15) is 54.7 Å². The fourth-order valence-electron chi connectivity index (χ4n) is 4.21. The Balaban J connectivity index is 0.00000210. The Morgan fingerprint density at radius 3 is 2.59 bits per heavy atom. The second-order valence-corrected chi connectivity index (χ2v) is 7.90. The molecule has 1 atom stereocenters. The third kappa shape index (κ3) is 4.19. The van der Waals surface area contributed by atoms with E-state index in [9.17, 15) is 4.79 Å². The lowest BCUT2D eigenvalue weighted by atomic mass is 9.74. The van der Waals surface area contributed by atoms with E-state index in [4.69, 9.17) is 0 Å². The summed E-state index contributed by atoms with van der Waals surface area (Å²) in [5.74, 6) is 0.0719. The summed E-state index contributed by atoms with van der Waals surface area (Å²) in [6.45, 7) is 5.92. The molecule has 146 valence electrons. The fourth-order valence-corrected chi connectivity index (χ4v) is 4.21. The van der Waals surface area contributed by atoms with Gasteiger partial charge in [0.25, 0.3) is 5.91 Å². The standard InChI is InChI=1S/C21H28N4O.ClH/c1-21(17-6-3-2-4-7-17)10-14-24(15-11-21)20(26)19-9-13-25(23-19)18-8-5-12-22-16-18;/h2-4,6-7,9,13,18,22H,5,8,10-12,14-16H2,1H3;1H. The summed E-state index contributed by atoms with van der Waals surface area (Å²) >= 11 is 0. The molecule has 3 heterocycles. The predicted octanol–water partition coefficient (Wildman–Crippen LogP) is 3.42. The van der Waals surface area contributed by atoms with Crippen molar-refractivity contribution in [3.8, 4) is 0 Å². The molecule has 0 saturated carbocycles. The van der Waals surface area contributed by atoms with Gasteiger partial charge in [-0.05, 0) is 49.3 Å². The van der Waals surface area contributed by atoms with E-state index in [1.807, 2.05) is 21.8 Å². The highest BCUT2D eigenvalue weighted by molar-refractivity contribution is 5.92. The van der Waals surface area contributed by atoms with Gasteiger partial charge in [-0.25, -0.2) is 0 Å². The van der Waals surface area contributed by atoms with Crippen LogP contribution in [-0.4, -0.2) is 46.8 Å². The van der Waals surface area contributed by atoms with Crippen molar-refractivity contribution in [3.05, 3.63) is 53.9 Å². The first-order chi connectivity index (χ1) is 12.7. The zero-order chi connectivity index (χ0) is 18.0. The van der Waals surface area contributed by atoms with E-state index in [0.717, 1.165) is 51.9 Å². The molecule has 1 amide bonds. The first-order valence-electron chi connectivity index (χ1n) is 9.76. The number of piperidine rings is 2. The number of rotatable bonds is 3. The molecule has 27 heavy (non-hydrogen) atoms. The van der Waals surface area contributed by atoms with E-state index in [-0.39, 0.29) is 23.7 Å². The van der Waals surface area contributed by atoms with Crippen LogP contribution in [0.15, 0.2) is 42.6 Å². The van der Waals surface area contributed by atoms with Gasteiger partial charge in [0.15, 0.2) is 0 Å². The molecule has 0 spiro atoms. The summed E-state index contributed by atoms with van der Waals surface area (Å²) in [7, 11) is 0. The maximum atomic E-state index is 12.9. The first kappa shape index (κ1) is 19.9. The maximum absolute atomic E-state index is 12.9. The number of aromatic nitrogens is 2. The summed E-state index contributed by atoms with van der Waals surface area (Å²) in [5, 5.41) is 7.99. The van der Waals surface area contributed by atoms with Crippen LogP contribution in [-0.2, 0) is 5.41 Å². The second kappa shape index (κ2) is 8.44. The van der Waals surface area contributed by atoms with Gasteiger partial charge in [-0.2, -0.15) is 5.10 Å². The molecule has 1 aromatic carbocycles. The molecule has 1 N–H and O–H groups in total. The molecule has 0 bridgehead atoms. The molecule has 5 nitrogen and oxygen atoms in total. The number of nitrogens with one attached hydrogen (secondary N) is 1. The van der Waals surface area contributed by atoms with Crippen molar-refractivity contribution < 1.29 is 4.79 Å². The van der Waals surface area contributed by atoms with E-state index in [2.05, 4.69) is 47.7 Å². The summed E-state index contributed by atoms with van der Waals surface area (Å²) < 4.78 is 1.97. The molecule has 2 aromatic rings. The van der Waals surface area contributed by atoms with E-state index in [0.29, 0.717) is 11.7 Å². The summed E-state index contributed by atoms with van der Waals surface area (Å²) in [4.78, 5) is 14.8. The van der Waals surface area contributed by atoms with Gasteiger partial charge >= 0.3 is 0 Å². The zero-order valence-corrected chi connectivity index (χ0v) is 16.8. The number of likely N-dealkylation sites (tertiary alicyclic amines) is 1. The topological polar surface area (TPSA) is 50.2 Å². The van der Waals surface area contributed by atoms with Crippen LogP contribution in [0.4, 0.5) is 0 Å². The number of halogens is 1. The number of carbonyl (C=O) groups is 1. The molecule has 2 aliphatic rings. The molecular formula is C21H29ClN4O. The van der Waals surface area contributed by atoms with Crippen molar-refractivity contribution in [1.29, 1.82) is 0 Å². The van der Waals surface area contributed by atoms with Crippen LogP contribution in [0.25, 0.3) is 0 Å². The van der Waals surface area contributed by atoms with Crippen LogP contribution in [0.3, 0.4) is 0 Å². The second-order valence-electron chi connectivity index (χ2n) is 7.90. The zero-order valence-electron chi connectivity index (χ0n) is 15.9. The Kier molecular flexibility index (Phi) is 6.22. The molecule has 0 radical (unpaired) electrons. The van der Waals surface area contributed by atoms with Gasteiger partial charge in [0.2, 0.25) is 0 Å². The van der Waals surface area contributed by atoms with Crippen LogP contribution < -0.4 is 5.32 Å². The Bertz CT molecular complexity index is 747. The third-order valence-electron chi connectivity index (χ3n) is 6.10. The average Bonchev–Trinajstić information content (AvgIpc) is 3.20.